The minimum atomic E-state index is -0.153. The summed E-state index contributed by atoms with van der Waals surface area (Å²) in [5.41, 5.74) is 1.06. The first kappa shape index (κ1) is 21.3. The molecule has 0 N–H and O–H groups in total. The Morgan fingerprint density at radius 2 is 2.00 bits per heavy atom. The van der Waals surface area contributed by atoms with Crippen LogP contribution in [0.4, 0.5) is 4.39 Å². The standard InChI is InChI=1S/C23H36FN3O/c1-3-27(23(28)21-10-13-25(2)14-11-21)18-20-7-5-12-26(17-20)15-9-19-6-4-8-22(24)16-19/h4,6,8,16,20-21H,3,5,7,9-15,17-18H2,1-2H3/t20-/m0/s1. The number of carbonyl (C=O) groups excluding carboxylic acids is 1. The predicted octanol–water partition coefficient (Wildman–Crippen LogP) is 3.27. The molecule has 2 fully saturated rings. The molecule has 1 amide bonds. The van der Waals surface area contributed by atoms with Gasteiger partial charge in [0.1, 0.15) is 5.82 Å². The largest absolute Gasteiger partial charge is 0.342 e. The highest BCUT2D eigenvalue weighted by Gasteiger charge is 2.29. The fraction of sp³-hybridized carbons (Fsp3) is 0.696. The third-order valence-corrected chi connectivity index (χ3v) is 6.45. The predicted molar refractivity (Wildman–Crippen MR) is 112 cm³/mol. The molecule has 0 aliphatic carbocycles. The third kappa shape index (κ3) is 6.02. The van der Waals surface area contributed by atoms with Crippen molar-refractivity contribution in [1.82, 2.24) is 14.7 Å². The van der Waals surface area contributed by atoms with E-state index in [-0.39, 0.29) is 11.7 Å². The van der Waals surface area contributed by atoms with Crippen molar-refractivity contribution in [2.75, 3.05) is 52.9 Å². The van der Waals surface area contributed by atoms with Crippen molar-refractivity contribution in [2.24, 2.45) is 11.8 Å². The zero-order valence-corrected chi connectivity index (χ0v) is 17.6. The Kier molecular flexibility index (Phi) is 7.86. The molecule has 0 aromatic heterocycles. The molecule has 1 aromatic carbocycles. The number of halogens is 1. The highest BCUT2D eigenvalue weighted by Crippen LogP contribution is 2.22. The van der Waals surface area contributed by atoms with E-state index in [9.17, 15) is 9.18 Å². The van der Waals surface area contributed by atoms with Gasteiger partial charge >= 0.3 is 0 Å². The molecular weight excluding hydrogens is 353 g/mol. The molecule has 2 heterocycles. The van der Waals surface area contributed by atoms with E-state index in [0.717, 1.165) is 70.6 Å². The molecule has 0 unspecified atom stereocenters. The summed E-state index contributed by atoms with van der Waals surface area (Å²) in [6, 6.07) is 6.93. The number of piperidine rings is 2. The zero-order chi connectivity index (χ0) is 19.9. The lowest BCUT2D eigenvalue weighted by atomic mass is 9.93. The molecule has 3 rings (SSSR count). The van der Waals surface area contributed by atoms with Gasteiger partial charge in [-0.05, 0) is 89.3 Å². The van der Waals surface area contributed by atoms with Crippen LogP contribution in [0.15, 0.2) is 24.3 Å². The molecule has 156 valence electrons. The Bertz CT molecular complexity index is 630. The molecule has 2 aliphatic heterocycles. The van der Waals surface area contributed by atoms with Crippen LogP contribution in [0.2, 0.25) is 0 Å². The molecule has 28 heavy (non-hydrogen) atoms. The van der Waals surface area contributed by atoms with E-state index < -0.39 is 0 Å². The lowest BCUT2D eigenvalue weighted by Gasteiger charge is -2.37. The van der Waals surface area contributed by atoms with E-state index >= 15 is 0 Å². The lowest BCUT2D eigenvalue weighted by molar-refractivity contribution is -0.137. The second kappa shape index (κ2) is 10.4. The molecule has 0 spiro atoms. The van der Waals surface area contributed by atoms with Crippen LogP contribution in [0, 0.1) is 17.7 Å². The van der Waals surface area contributed by atoms with Crippen LogP contribution < -0.4 is 0 Å². The van der Waals surface area contributed by atoms with E-state index in [1.54, 1.807) is 12.1 Å². The van der Waals surface area contributed by atoms with Gasteiger partial charge in [-0.15, -0.1) is 0 Å². The second-order valence-corrected chi connectivity index (χ2v) is 8.64. The monoisotopic (exact) mass is 389 g/mol. The number of hydrogen-bond donors (Lipinski definition) is 0. The maximum atomic E-state index is 13.4. The highest BCUT2D eigenvalue weighted by molar-refractivity contribution is 5.79. The van der Waals surface area contributed by atoms with Crippen molar-refractivity contribution in [3.05, 3.63) is 35.6 Å². The van der Waals surface area contributed by atoms with Crippen LogP contribution in [0.5, 0.6) is 0 Å². The van der Waals surface area contributed by atoms with Gasteiger partial charge in [0.2, 0.25) is 5.91 Å². The molecule has 1 aromatic rings. The average molecular weight is 390 g/mol. The van der Waals surface area contributed by atoms with Crippen molar-refractivity contribution >= 4 is 5.91 Å². The molecule has 5 heteroatoms. The fourth-order valence-corrected chi connectivity index (χ4v) is 4.68. The number of hydrogen-bond acceptors (Lipinski definition) is 3. The Hall–Kier alpha value is -1.46. The number of rotatable bonds is 7. The van der Waals surface area contributed by atoms with E-state index in [1.807, 2.05) is 6.07 Å². The maximum absolute atomic E-state index is 13.4. The SMILES string of the molecule is CCN(C[C@H]1CCCN(CCc2cccc(F)c2)C1)C(=O)C1CCN(C)CC1. The molecule has 0 saturated carbocycles. The van der Waals surface area contributed by atoms with Gasteiger partial charge in [0.05, 0.1) is 0 Å². The Morgan fingerprint density at radius 1 is 1.21 bits per heavy atom. The molecule has 4 nitrogen and oxygen atoms in total. The van der Waals surface area contributed by atoms with Gasteiger partial charge < -0.3 is 14.7 Å². The van der Waals surface area contributed by atoms with Crippen LogP contribution in [-0.2, 0) is 11.2 Å². The zero-order valence-electron chi connectivity index (χ0n) is 17.6. The molecular formula is C23H36FN3O. The van der Waals surface area contributed by atoms with E-state index in [4.69, 9.17) is 0 Å². The Balaban J connectivity index is 1.48. The quantitative estimate of drug-likeness (QED) is 0.716. The summed E-state index contributed by atoms with van der Waals surface area (Å²) in [6.07, 6.45) is 5.27. The van der Waals surface area contributed by atoms with Gasteiger partial charge in [-0.25, -0.2) is 4.39 Å². The average Bonchev–Trinajstić information content (AvgIpc) is 2.71. The molecule has 1 atom stereocenters. The van der Waals surface area contributed by atoms with Gasteiger partial charge in [0.25, 0.3) is 0 Å². The second-order valence-electron chi connectivity index (χ2n) is 8.64. The number of amides is 1. The van der Waals surface area contributed by atoms with Crippen LogP contribution in [-0.4, -0.2) is 73.5 Å². The van der Waals surface area contributed by atoms with Crippen LogP contribution in [0.1, 0.15) is 38.2 Å². The van der Waals surface area contributed by atoms with E-state index in [0.29, 0.717) is 11.8 Å². The van der Waals surface area contributed by atoms with Crippen LogP contribution >= 0.6 is 0 Å². The van der Waals surface area contributed by atoms with Gasteiger partial charge in [0, 0.05) is 32.1 Å². The number of likely N-dealkylation sites (tertiary alicyclic amines) is 2. The van der Waals surface area contributed by atoms with Crippen LogP contribution in [0.3, 0.4) is 0 Å². The molecule has 2 aliphatic rings. The van der Waals surface area contributed by atoms with Crippen molar-refractivity contribution in [1.29, 1.82) is 0 Å². The maximum Gasteiger partial charge on any atom is 0.225 e. The minimum Gasteiger partial charge on any atom is -0.342 e. The summed E-state index contributed by atoms with van der Waals surface area (Å²) in [4.78, 5) is 19.9. The van der Waals surface area contributed by atoms with Crippen molar-refractivity contribution < 1.29 is 9.18 Å². The Labute approximate surface area is 169 Å². The van der Waals surface area contributed by atoms with Gasteiger partial charge in [-0.1, -0.05) is 12.1 Å². The first-order valence-electron chi connectivity index (χ1n) is 11.0. The lowest BCUT2D eigenvalue weighted by Crippen LogP contribution is -2.46. The van der Waals surface area contributed by atoms with E-state index in [1.165, 1.54) is 18.9 Å². The van der Waals surface area contributed by atoms with Gasteiger partial charge in [-0.2, -0.15) is 0 Å². The normalized spacial score (nSPS) is 22.3. The number of carbonyl (C=O) groups is 1. The number of nitrogens with zero attached hydrogens (tertiary/aromatic N) is 3. The van der Waals surface area contributed by atoms with Crippen molar-refractivity contribution in [2.45, 2.75) is 39.0 Å². The summed E-state index contributed by atoms with van der Waals surface area (Å²) >= 11 is 0. The molecule has 2 saturated heterocycles. The first-order chi connectivity index (χ1) is 13.5. The molecule has 0 bridgehead atoms. The molecule has 0 radical (unpaired) electrons. The summed E-state index contributed by atoms with van der Waals surface area (Å²) in [7, 11) is 2.14. The van der Waals surface area contributed by atoms with Gasteiger partial charge in [-0.3, -0.25) is 4.79 Å². The van der Waals surface area contributed by atoms with E-state index in [2.05, 4.69) is 28.7 Å². The first-order valence-corrected chi connectivity index (χ1v) is 11.0. The smallest absolute Gasteiger partial charge is 0.225 e. The minimum absolute atomic E-state index is 0.153. The summed E-state index contributed by atoms with van der Waals surface area (Å²) in [5, 5.41) is 0. The van der Waals surface area contributed by atoms with Crippen molar-refractivity contribution in [3.8, 4) is 0 Å². The fourth-order valence-electron chi connectivity index (χ4n) is 4.68. The topological polar surface area (TPSA) is 26.8 Å². The summed E-state index contributed by atoms with van der Waals surface area (Å²) in [6.45, 7) is 9.00. The Morgan fingerprint density at radius 3 is 2.71 bits per heavy atom. The summed E-state index contributed by atoms with van der Waals surface area (Å²) < 4.78 is 13.4. The van der Waals surface area contributed by atoms with Gasteiger partial charge in [0.15, 0.2) is 0 Å². The highest BCUT2D eigenvalue weighted by atomic mass is 19.1. The van der Waals surface area contributed by atoms with Crippen LogP contribution in [0.25, 0.3) is 0 Å². The summed E-state index contributed by atoms with van der Waals surface area (Å²) in [5.74, 6) is 0.979. The third-order valence-electron chi connectivity index (χ3n) is 6.45. The van der Waals surface area contributed by atoms with Crippen molar-refractivity contribution in [3.63, 3.8) is 0 Å². The number of benzene rings is 1.